The molecule has 1 aromatic rings. The molecule has 1 rings (SSSR count). The lowest BCUT2D eigenvalue weighted by molar-refractivity contribution is -0.137. The van der Waals surface area contributed by atoms with Crippen molar-refractivity contribution in [2.75, 3.05) is 6.26 Å². The summed E-state index contributed by atoms with van der Waals surface area (Å²) >= 11 is 0. The first-order chi connectivity index (χ1) is 8.61. The number of carbonyl (C=O) groups excluding carboxylic acids is 2. The summed E-state index contributed by atoms with van der Waals surface area (Å²) in [6, 6.07) is 1.88. The Morgan fingerprint density at radius 1 is 1.16 bits per heavy atom. The van der Waals surface area contributed by atoms with E-state index in [1.54, 1.807) is 0 Å². The Hall–Kier alpha value is -1.70. The highest BCUT2D eigenvalue weighted by Gasteiger charge is 2.33. The molecule has 19 heavy (non-hydrogen) atoms. The fourth-order valence-electron chi connectivity index (χ4n) is 1.49. The summed E-state index contributed by atoms with van der Waals surface area (Å²) in [5.41, 5.74) is -1.42. The minimum Gasteiger partial charge on any atom is -0.302 e. The summed E-state index contributed by atoms with van der Waals surface area (Å²) in [5.74, 6) is -1.41. The molecule has 4 nitrogen and oxygen atoms in total. The zero-order valence-corrected chi connectivity index (χ0v) is 10.5. The normalized spacial score (nSPS) is 12.5. The molecule has 0 fully saturated rings. The molecule has 0 saturated carbocycles. The Kier molecular flexibility index (Phi) is 4.14. The topological polar surface area (TPSA) is 68.3 Å². The van der Waals surface area contributed by atoms with E-state index in [2.05, 4.69) is 0 Å². The van der Waals surface area contributed by atoms with Gasteiger partial charge in [-0.3, -0.25) is 0 Å². The van der Waals surface area contributed by atoms with E-state index in [1.807, 2.05) is 0 Å². The van der Waals surface area contributed by atoms with E-state index in [1.165, 1.54) is 0 Å². The van der Waals surface area contributed by atoms with Crippen LogP contribution in [0.3, 0.4) is 0 Å². The minimum atomic E-state index is -4.71. The second-order valence-electron chi connectivity index (χ2n) is 3.82. The fourth-order valence-corrected chi connectivity index (χ4v) is 2.46. The molecule has 0 atom stereocenters. The van der Waals surface area contributed by atoms with Gasteiger partial charge in [-0.25, -0.2) is 8.42 Å². The second-order valence-corrected chi connectivity index (χ2v) is 5.80. The quantitative estimate of drug-likeness (QED) is 0.624. The molecule has 0 aromatic heterocycles. The van der Waals surface area contributed by atoms with Crippen LogP contribution in [0.2, 0.25) is 0 Å². The number of sulfone groups is 1. The molecule has 0 saturated heterocycles. The Morgan fingerprint density at radius 2 is 1.68 bits per heavy atom. The predicted octanol–water partition coefficient (Wildman–Crippen LogP) is 1.59. The molecular formula is C11H9F3O4S. The van der Waals surface area contributed by atoms with Crippen molar-refractivity contribution in [2.24, 2.45) is 0 Å². The molecule has 0 aliphatic heterocycles. The molecule has 104 valence electrons. The third-order valence-electron chi connectivity index (χ3n) is 2.39. The van der Waals surface area contributed by atoms with E-state index in [0.717, 1.165) is 6.07 Å². The number of hydrogen-bond acceptors (Lipinski definition) is 4. The number of alkyl halides is 3. The first-order valence-corrected chi connectivity index (χ1v) is 6.82. The van der Waals surface area contributed by atoms with Crippen LogP contribution in [0, 0.1) is 0 Å². The Bertz CT molecular complexity index is 597. The molecule has 0 heterocycles. The summed E-state index contributed by atoms with van der Waals surface area (Å²) in [6.07, 6.45) is -3.66. The maximum Gasteiger partial charge on any atom is 0.416 e. The number of hydrogen-bond donors (Lipinski definition) is 0. The lowest BCUT2D eigenvalue weighted by Crippen LogP contribution is -2.13. The molecule has 0 radical (unpaired) electrons. The second kappa shape index (κ2) is 5.12. The maximum absolute atomic E-state index is 12.5. The monoisotopic (exact) mass is 294 g/mol. The standard InChI is InChI=1S/C11H9F3O4S/c1-19(17,18)10-4-8(11(12,13)14)2-3-9(10)7(5-15)6-16/h2-7H,1H3. The smallest absolute Gasteiger partial charge is 0.302 e. The van der Waals surface area contributed by atoms with Gasteiger partial charge in [-0.1, -0.05) is 6.07 Å². The maximum atomic E-state index is 12.5. The van der Waals surface area contributed by atoms with Crippen LogP contribution in [0.25, 0.3) is 0 Å². The summed E-state index contributed by atoms with van der Waals surface area (Å²) in [6.45, 7) is 0. The molecule has 0 aliphatic carbocycles. The number of halogens is 3. The molecule has 0 bridgehead atoms. The highest BCUT2D eigenvalue weighted by atomic mass is 32.2. The van der Waals surface area contributed by atoms with Crippen LogP contribution >= 0.6 is 0 Å². The molecule has 0 spiro atoms. The number of rotatable bonds is 4. The van der Waals surface area contributed by atoms with Gasteiger partial charge in [0, 0.05) is 6.26 Å². The van der Waals surface area contributed by atoms with E-state index in [-0.39, 0.29) is 18.1 Å². The van der Waals surface area contributed by atoms with Gasteiger partial charge in [-0.05, 0) is 17.7 Å². The number of carbonyl (C=O) groups is 2. The predicted molar refractivity (Wildman–Crippen MR) is 59.4 cm³/mol. The first kappa shape index (κ1) is 15.4. The van der Waals surface area contributed by atoms with Crippen LogP contribution in [-0.2, 0) is 25.6 Å². The van der Waals surface area contributed by atoms with Gasteiger partial charge in [0.05, 0.1) is 16.4 Å². The Morgan fingerprint density at radius 3 is 2.05 bits per heavy atom. The van der Waals surface area contributed by atoms with E-state index in [9.17, 15) is 31.2 Å². The van der Waals surface area contributed by atoms with Crippen molar-refractivity contribution in [1.29, 1.82) is 0 Å². The summed E-state index contributed by atoms with van der Waals surface area (Å²) in [7, 11) is -4.00. The van der Waals surface area contributed by atoms with Crippen molar-refractivity contribution in [1.82, 2.24) is 0 Å². The van der Waals surface area contributed by atoms with Crippen molar-refractivity contribution >= 4 is 22.4 Å². The van der Waals surface area contributed by atoms with Gasteiger partial charge in [0.1, 0.15) is 12.6 Å². The van der Waals surface area contributed by atoms with Crippen LogP contribution in [0.15, 0.2) is 23.1 Å². The summed E-state index contributed by atoms with van der Waals surface area (Å²) < 4.78 is 60.5. The van der Waals surface area contributed by atoms with Crippen LogP contribution in [-0.4, -0.2) is 27.2 Å². The average Bonchev–Trinajstić information content (AvgIpc) is 2.28. The van der Waals surface area contributed by atoms with E-state index in [0.29, 0.717) is 18.4 Å². The summed E-state index contributed by atoms with van der Waals surface area (Å²) in [5, 5.41) is 0. The fraction of sp³-hybridized carbons (Fsp3) is 0.273. The van der Waals surface area contributed by atoms with E-state index < -0.39 is 32.4 Å². The lowest BCUT2D eigenvalue weighted by Gasteiger charge is -2.13. The highest BCUT2D eigenvalue weighted by molar-refractivity contribution is 7.90. The molecule has 0 aliphatic rings. The molecule has 0 unspecified atom stereocenters. The van der Waals surface area contributed by atoms with Crippen LogP contribution in [0.5, 0.6) is 0 Å². The average molecular weight is 294 g/mol. The van der Waals surface area contributed by atoms with E-state index in [4.69, 9.17) is 0 Å². The van der Waals surface area contributed by atoms with Crippen molar-refractivity contribution in [3.8, 4) is 0 Å². The SMILES string of the molecule is CS(=O)(=O)c1cc(C(F)(F)F)ccc1C(C=O)C=O. The first-order valence-electron chi connectivity index (χ1n) is 4.93. The van der Waals surface area contributed by atoms with Crippen molar-refractivity contribution < 1.29 is 31.2 Å². The Balaban J connectivity index is 3.59. The molecule has 1 aromatic carbocycles. The third kappa shape index (κ3) is 3.40. The highest BCUT2D eigenvalue weighted by Crippen LogP contribution is 2.33. The number of aldehydes is 2. The lowest BCUT2D eigenvalue weighted by atomic mass is 10.0. The minimum absolute atomic E-state index is 0.171. The van der Waals surface area contributed by atoms with Gasteiger partial charge in [0.25, 0.3) is 0 Å². The van der Waals surface area contributed by atoms with Gasteiger partial charge in [0.15, 0.2) is 9.84 Å². The third-order valence-corrected chi connectivity index (χ3v) is 3.55. The molecule has 0 amide bonds. The van der Waals surface area contributed by atoms with Gasteiger partial charge in [-0.2, -0.15) is 13.2 Å². The van der Waals surface area contributed by atoms with Crippen LogP contribution < -0.4 is 0 Å². The zero-order chi connectivity index (χ0) is 14.8. The van der Waals surface area contributed by atoms with Gasteiger partial charge in [-0.15, -0.1) is 0 Å². The molecular weight excluding hydrogens is 285 g/mol. The zero-order valence-electron chi connectivity index (χ0n) is 9.64. The van der Waals surface area contributed by atoms with Gasteiger partial charge < -0.3 is 9.59 Å². The van der Waals surface area contributed by atoms with Crippen LogP contribution in [0.1, 0.15) is 17.0 Å². The van der Waals surface area contributed by atoms with Crippen molar-refractivity contribution in [3.05, 3.63) is 29.3 Å². The van der Waals surface area contributed by atoms with E-state index >= 15 is 0 Å². The van der Waals surface area contributed by atoms with Crippen molar-refractivity contribution in [2.45, 2.75) is 17.0 Å². The summed E-state index contributed by atoms with van der Waals surface area (Å²) in [4.78, 5) is 20.6. The molecule has 0 N–H and O–H groups in total. The van der Waals surface area contributed by atoms with Gasteiger partial charge in [0.2, 0.25) is 0 Å². The molecule has 8 heteroatoms. The largest absolute Gasteiger partial charge is 0.416 e. The number of benzene rings is 1. The van der Waals surface area contributed by atoms with Crippen molar-refractivity contribution in [3.63, 3.8) is 0 Å². The Labute approximate surface area is 107 Å². The van der Waals surface area contributed by atoms with Crippen LogP contribution in [0.4, 0.5) is 13.2 Å². The van der Waals surface area contributed by atoms with Gasteiger partial charge >= 0.3 is 6.18 Å².